The molecule has 2 atom stereocenters. The lowest BCUT2D eigenvalue weighted by Gasteiger charge is -2.37. The Kier molecular flexibility index (Phi) is 6.50. The minimum Gasteiger partial charge on any atom is -0.507 e. The second-order valence-corrected chi connectivity index (χ2v) is 9.91. The summed E-state index contributed by atoms with van der Waals surface area (Å²) in [4.78, 5) is 18.4. The molecule has 2 heterocycles. The molecule has 1 fully saturated rings. The minimum absolute atomic E-state index is 0.00515. The molecule has 0 N–H and O–H groups in total. The first kappa shape index (κ1) is 27.1. The lowest BCUT2D eigenvalue weighted by molar-refractivity contribution is -0.144. The first-order valence-electron chi connectivity index (χ1n) is 12.1. The van der Waals surface area contributed by atoms with Crippen LogP contribution in [0.1, 0.15) is 53.3 Å². The molecule has 4 radical (unpaired) electrons. The van der Waals surface area contributed by atoms with Crippen LogP contribution in [0.5, 0.6) is 5.75 Å². The zero-order valence-corrected chi connectivity index (χ0v) is 20.6. The Labute approximate surface area is 223 Å². The first-order chi connectivity index (χ1) is 18.1. The zero-order valence-electron chi connectivity index (χ0n) is 20.6. The summed E-state index contributed by atoms with van der Waals surface area (Å²) in [6.07, 6.45) is -10.1. The van der Waals surface area contributed by atoms with Crippen LogP contribution in [0.15, 0.2) is 54.7 Å². The van der Waals surface area contributed by atoms with Crippen LogP contribution < -0.4 is 4.74 Å². The van der Waals surface area contributed by atoms with Crippen molar-refractivity contribution in [2.75, 3.05) is 6.54 Å². The average Bonchev–Trinajstić information content (AvgIpc) is 3.28. The van der Waals surface area contributed by atoms with Crippen LogP contribution in [-0.2, 0) is 23.6 Å². The van der Waals surface area contributed by atoms with E-state index in [2.05, 4.69) is 4.98 Å². The number of likely N-dealkylation sites (tertiary alicyclic amines) is 1. The van der Waals surface area contributed by atoms with E-state index in [0.717, 1.165) is 11.1 Å². The molecule has 0 saturated carbocycles. The lowest BCUT2D eigenvalue weighted by atomic mass is 9.66. The fraction of sp³-hybridized carbons (Fsp3) is 0.333. The maximum Gasteiger partial charge on any atom is 0.418 e. The highest BCUT2D eigenvalue weighted by molar-refractivity contribution is 6.38. The van der Waals surface area contributed by atoms with Crippen LogP contribution in [0.3, 0.4) is 0 Å². The van der Waals surface area contributed by atoms with E-state index in [1.54, 1.807) is 12.1 Å². The Morgan fingerprint density at radius 3 is 2.38 bits per heavy atom. The van der Waals surface area contributed by atoms with Crippen molar-refractivity contribution in [1.29, 1.82) is 0 Å². The average molecular weight is 540 g/mol. The fourth-order valence-electron chi connectivity index (χ4n) is 5.51. The van der Waals surface area contributed by atoms with Crippen molar-refractivity contribution in [3.05, 3.63) is 82.7 Å². The summed E-state index contributed by atoms with van der Waals surface area (Å²) in [5, 5.41) is -1.51. The number of amides is 1. The van der Waals surface area contributed by atoms with Crippen LogP contribution in [0.25, 0.3) is 11.1 Å². The number of hydrogen-bond acceptors (Lipinski definition) is 3. The number of halogens is 6. The molecule has 2 unspecified atom stereocenters. The van der Waals surface area contributed by atoms with Gasteiger partial charge in [-0.1, -0.05) is 36.4 Å². The summed E-state index contributed by atoms with van der Waals surface area (Å²) in [5.74, 6) is -0.453. The highest BCUT2D eigenvalue weighted by Gasteiger charge is 2.45. The first-order valence-corrected chi connectivity index (χ1v) is 12.1. The highest BCUT2D eigenvalue weighted by atomic mass is 19.4. The van der Waals surface area contributed by atoms with E-state index in [1.807, 2.05) is 30.3 Å². The Hall–Kier alpha value is -3.43. The smallest absolute Gasteiger partial charge is 0.418 e. The number of benzene rings is 2. The van der Waals surface area contributed by atoms with Crippen LogP contribution >= 0.6 is 0 Å². The third kappa shape index (κ3) is 5.13. The number of carbonyl (C=O) groups excluding carboxylic acids is 1. The Bertz CT molecular complexity index is 1430. The number of nitrogens with zero attached hydrogens (tertiary/aromatic N) is 2. The van der Waals surface area contributed by atoms with Crippen molar-refractivity contribution in [1.82, 2.24) is 9.88 Å². The van der Waals surface area contributed by atoms with E-state index in [0.29, 0.717) is 29.5 Å². The fourth-order valence-corrected chi connectivity index (χ4v) is 5.51. The SMILES string of the molecule is [B]C([B])(C)Oc1cccc2c1-c1ccccc1C1CCN(C(=O)Cc3ncc(C(F)(F)F)cc3C(F)(F)F)C21. The Balaban J connectivity index is 1.55. The number of rotatable bonds is 4. The maximum absolute atomic E-state index is 13.7. The quantitative estimate of drug-likeness (QED) is 0.311. The molecule has 1 aliphatic carbocycles. The van der Waals surface area contributed by atoms with Gasteiger partial charge >= 0.3 is 12.4 Å². The molecule has 0 spiro atoms. The predicted octanol–water partition coefficient (Wildman–Crippen LogP) is 5.79. The van der Waals surface area contributed by atoms with Gasteiger partial charge in [0.2, 0.25) is 5.91 Å². The summed E-state index contributed by atoms with van der Waals surface area (Å²) in [6.45, 7) is 1.71. The van der Waals surface area contributed by atoms with Gasteiger partial charge in [0.25, 0.3) is 0 Å². The van der Waals surface area contributed by atoms with Crippen molar-refractivity contribution in [2.45, 2.75) is 49.5 Å². The molecular formula is C27H20B2F6N2O2. The van der Waals surface area contributed by atoms with E-state index >= 15 is 0 Å². The number of alkyl halides is 6. The Morgan fingerprint density at radius 1 is 1.03 bits per heavy atom. The number of fused-ring (bicyclic) bond motifs is 6. The number of aromatic nitrogens is 1. The highest BCUT2D eigenvalue weighted by Crippen LogP contribution is 2.55. The second kappa shape index (κ2) is 9.34. The van der Waals surface area contributed by atoms with Crippen LogP contribution in [0.2, 0.25) is 0 Å². The molecule has 1 saturated heterocycles. The van der Waals surface area contributed by atoms with Crippen LogP contribution in [0, 0.1) is 0 Å². The molecule has 5 rings (SSSR count). The number of pyridine rings is 1. The summed E-state index contributed by atoms with van der Waals surface area (Å²) in [6, 6.07) is 12.2. The molecule has 198 valence electrons. The summed E-state index contributed by atoms with van der Waals surface area (Å²) in [7, 11) is 11.8. The molecule has 12 heteroatoms. The van der Waals surface area contributed by atoms with Gasteiger partial charge in [-0.15, -0.1) is 0 Å². The summed E-state index contributed by atoms with van der Waals surface area (Å²) < 4.78 is 86.1. The maximum atomic E-state index is 13.7. The van der Waals surface area contributed by atoms with Gasteiger partial charge in [0.05, 0.1) is 29.3 Å². The number of hydrogen-bond donors (Lipinski definition) is 0. The zero-order chi connectivity index (χ0) is 28.3. The third-order valence-electron chi connectivity index (χ3n) is 6.98. The standard InChI is InChI=1S/C27H20B2F6N2O2/c1-25(28,29)39-21-8-4-7-18-23(21)16-6-3-2-5-15(16)17-9-10-37(24(17)18)22(38)12-20-19(27(33,34)35)11-14(13-36-20)26(30,31)32/h2-8,11,13,17,24H,9-10,12H2,1H3. The van der Waals surface area contributed by atoms with Gasteiger partial charge in [0, 0.05) is 29.6 Å². The Morgan fingerprint density at radius 2 is 1.72 bits per heavy atom. The van der Waals surface area contributed by atoms with Crippen molar-refractivity contribution in [3.63, 3.8) is 0 Å². The summed E-state index contributed by atoms with van der Waals surface area (Å²) in [5.41, 5.74) is -0.712. The van der Waals surface area contributed by atoms with Gasteiger partial charge in [-0.2, -0.15) is 26.3 Å². The van der Waals surface area contributed by atoms with E-state index in [4.69, 9.17) is 20.4 Å². The second-order valence-electron chi connectivity index (χ2n) is 9.91. The molecule has 2 aliphatic rings. The molecule has 0 bridgehead atoms. The lowest BCUT2D eigenvalue weighted by Crippen LogP contribution is -2.36. The molecular weight excluding hydrogens is 520 g/mol. The molecule has 4 nitrogen and oxygen atoms in total. The van der Waals surface area contributed by atoms with Gasteiger partial charge in [0.15, 0.2) is 0 Å². The van der Waals surface area contributed by atoms with E-state index < -0.39 is 52.9 Å². The predicted molar refractivity (Wildman–Crippen MR) is 132 cm³/mol. The van der Waals surface area contributed by atoms with Gasteiger partial charge in [0.1, 0.15) is 21.4 Å². The van der Waals surface area contributed by atoms with Crippen molar-refractivity contribution in [3.8, 4) is 16.9 Å². The minimum atomic E-state index is -5.13. The summed E-state index contributed by atoms with van der Waals surface area (Å²) >= 11 is 0. The van der Waals surface area contributed by atoms with Crippen LogP contribution in [-0.4, -0.2) is 43.4 Å². The normalized spacial score (nSPS) is 18.8. The van der Waals surface area contributed by atoms with Gasteiger partial charge < -0.3 is 9.64 Å². The van der Waals surface area contributed by atoms with Crippen molar-refractivity contribution in [2.24, 2.45) is 0 Å². The molecule has 1 aliphatic heterocycles. The third-order valence-corrected chi connectivity index (χ3v) is 6.98. The van der Waals surface area contributed by atoms with Crippen LogP contribution in [0.4, 0.5) is 26.3 Å². The van der Waals surface area contributed by atoms with Gasteiger partial charge in [-0.05, 0) is 42.2 Å². The van der Waals surface area contributed by atoms with E-state index in [-0.39, 0.29) is 18.5 Å². The monoisotopic (exact) mass is 540 g/mol. The van der Waals surface area contributed by atoms with Crippen molar-refractivity contribution < 1.29 is 35.9 Å². The van der Waals surface area contributed by atoms with E-state index in [1.165, 1.54) is 11.8 Å². The van der Waals surface area contributed by atoms with E-state index in [9.17, 15) is 31.1 Å². The number of carbonyl (C=O) groups is 1. The van der Waals surface area contributed by atoms with Gasteiger partial charge in [-0.3, -0.25) is 9.78 Å². The topological polar surface area (TPSA) is 42.4 Å². The number of ether oxygens (including phenoxy) is 1. The molecule has 3 aromatic rings. The van der Waals surface area contributed by atoms with Crippen molar-refractivity contribution >= 4 is 21.6 Å². The molecule has 1 aromatic heterocycles. The van der Waals surface area contributed by atoms with Gasteiger partial charge in [-0.25, -0.2) is 0 Å². The molecule has 2 aromatic carbocycles. The molecule has 39 heavy (non-hydrogen) atoms. The molecule has 1 amide bonds. The largest absolute Gasteiger partial charge is 0.507 e.